The number of likely N-dealkylation sites (tertiary alicyclic amines) is 1. The highest BCUT2D eigenvalue weighted by Gasteiger charge is 2.23. The van der Waals surface area contributed by atoms with Crippen molar-refractivity contribution in [3.8, 4) is 11.5 Å². The van der Waals surface area contributed by atoms with Crippen molar-refractivity contribution in [2.45, 2.75) is 19.3 Å². The van der Waals surface area contributed by atoms with Gasteiger partial charge in [0, 0.05) is 25.2 Å². The summed E-state index contributed by atoms with van der Waals surface area (Å²) in [6.45, 7) is 0.952. The molecule has 1 N–H and O–H groups in total. The molecular formula is C21H24N2O7. The van der Waals surface area contributed by atoms with Crippen LogP contribution in [0.4, 0.5) is 5.69 Å². The Morgan fingerprint density at radius 1 is 1.07 bits per heavy atom. The Balaban J connectivity index is 1.79. The summed E-state index contributed by atoms with van der Waals surface area (Å²) in [5.41, 5.74) is 0.170. The maximum atomic E-state index is 12.7. The third kappa shape index (κ3) is 4.91. The van der Waals surface area contributed by atoms with E-state index >= 15 is 0 Å². The van der Waals surface area contributed by atoms with Crippen LogP contribution in [0.25, 0.3) is 0 Å². The smallest absolute Gasteiger partial charge is 0.340 e. The number of nitrogens with zero attached hydrogens (tertiary/aromatic N) is 1. The van der Waals surface area contributed by atoms with Gasteiger partial charge in [-0.2, -0.15) is 0 Å². The number of esters is 1. The zero-order valence-electron chi connectivity index (χ0n) is 16.9. The largest absolute Gasteiger partial charge is 0.493 e. The molecule has 1 aromatic carbocycles. The molecule has 1 fully saturated rings. The summed E-state index contributed by atoms with van der Waals surface area (Å²) in [6.07, 6.45) is 4.34. The fourth-order valence-electron chi connectivity index (χ4n) is 3.18. The topological polar surface area (TPSA) is 107 Å². The molecule has 0 atom stereocenters. The van der Waals surface area contributed by atoms with Crippen molar-refractivity contribution in [1.82, 2.24) is 4.90 Å². The predicted octanol–water partition coefficient (Wildman–Crippen LogP) is 2.72. The van der Waals surface area contributed by atoms with Gasteiger partial charge < -0.3 is 28.8 Å². The van der Waals surface area contributed by atoms with E-state index in [1.54, 1.807) is 11.0 Å². The van der Waals surface area contributed by atoms with E-state index in [9.17, 15) is 14.4 Å². The number of anilines is 1. The van der Waals surface area contributed by atoms with Gasteiger partial charge in [-0.1, -0.05) is 0 Å². The third-order valence-corrected chi connectivity index (χ3v) is 4.77. The van der Waals surface area contributed by atoms with E-state index < -0.39 is 11.9 Å². The van der Waals surface area contributed by atoms with Crippen LogP contribution >= 0.6 is 0 Å². The van der Waals surface area contributed by atoms with Crippen molar-refractivity contribution in [2.24, 2.45) is 0 Å². The molecule has 0 saturated carbocycles. The minimum Gasteiger partial charge on any atom is -0.493 e. The SMILES string of the molecule is COc1cc(NC(=O)c2ccco2)c(C(=O)OCC(=O)N2CCCCC2)cc1OC. The Hall–Kier alpha value is -3.49. The normalized spacial score (nSPS) is 13.5. The molecule has 0 aliphatic carbocycles. The molecule has 9 heteroatoms. The van der Waals surface area contributed by atoms with Crippen LogP contribution in [0, 0.1) is 0 Å². The number of methoxy groups -OCH3 is 2. The van der Waals surface area contributed by atoms with Crippen molar-refractivity contribution in [2.75, 3.05) is 39.2 Å². The second-order valence-electron chi connectivity index (χ2n) is 6.70. The minimum atomic E-state index is -0.768. The summed E-state index contributed by atoms with van der Waals surface area (Å²) >= 11 is 0. The van der Waals surface area contributed by atoms with Crippen molar-refractivity contribution in [3.63, 3.8) is 0 Å². The van der Waals surface area contributed by atoms with Crippen LogP contribution in [0.15, 0.2) is 34.9 Å². The zero-order valence-corrected chi connectivity index (χ0v) is 16.9. The van der Waals surface area contributed by atoms with E-state index in [2.05, 4.69) is 5.32 Å². The van der Waals surface area contributed by atoms with Gasteiger partial charge in [-0.05, 0) is 31.4 Å². The van der Waals surface area contributed by atoms with Crippen LogP contribution in [-0.4, -0.2) is 56.6 Å². The third-order valence-electron chi connectivity index (χ3n) is 4.77. The molecule has 3 rings (SSSR count). The number of carbonyl (C=O) groups is 3. The first-order valence-electron chi connectivity index (χ1n) is 9.59. The molecule has 0 spiro atoms. The molecular weight excluding hydrogens is 392 g/mol. The summed E-state index contributed by atoms with van der Waals surface area (Å²) in [6, 6.07) is 5.91. The van der Waals surface area contributed by atoms with Crippen LogP contribution in [-0.2, 0) is 9.53 Å². The Morgan fingerprint density at radius 3 is 2.40 bits per heavy atom. The number of rotatable bonds is 7. The Bertz CT molecular complexity index is 902. The van der Waals surface area contributed by atoms with E-state index in [0.717, 1.165) is 19.3 Å². The second-order valence-corrected chi connectivity index (χ2v) is 6.70. The number of carbonyl (C=O) groups excluding carboxylic acids is 3. The lowest BCUT2D eigenvalue weighted by molar-refractivity contribution is -0.135. The first-order valence-corrected chi connectivity index (χ1v) is 9.59. The summed E-state index contributed by atoms with van der Waals surface area (Å²) in [5, 5.41) is 2.61. The van der Waals surface area contributed by atoms with Gasteiger partial charge in [-0.15, -0.1) is 0 Å². The standard InChI is InChI=1S/C21H24N2O7/c1-27-17-11-14(21(26)30-13-19(24)23-8-4-3-5-9-23)15(12-18(17)28-2)22-20(25)16-7-6-10-29-16/h6-7,10-12H,3-5,8-9,13H2,1-2H3,(H,22,25). The fraction of sp³-hybridized carbons (Fsp3) is 0.381. The molecule has 30 heavy (non-hydrogen) atoms. The lowest BCUT2D eigenvalue weighted by Crippen LogP contribution is -2.38. The first kappa shape index (κ1) is 21.2. The highest BCUT2D eigenvalue weighted by molar-refractivity contribution is 6.07. The van der Waals surface area contributed by atoms with Gasteiger partial charge in [0.05, 0.1) is 31.7 Å². The lowest BCUT2D eigenvalue weighted by Gasteiger charge is -2.26. The van der Waals surface area contributed by atoms with E-state index in [0.29, 0.717) is 18.8 Å². The zero-order chi connectivity index (χ0) is 21.5. The van der Waals surface area contributed by atoms with Crippen LogP contribution < -0.4 is 14.8 Å². The molecule has 0 unspecified atom stereocenters. The average Bonchev–Trinajstić information content (AvgIpc) is 3.32. The van der Waals surface area contributed by atoms with Crippen LogP contribution in [0.3, 0.4) is 0 Å². The highest BCUT2D eigenvalue weighted by atomic mass is 16.5. The van der Waals surface area contributed by atoms with Crippen LogP contribution in [0.2, 0.25) is 0 Å². The lowest BCUT2D eigenvalue weighted by atomic mass is 10.1. The van der Waals surface area contributed by atoms with Gasteiger partial charge >= 0.3 is 5.97 Å². The summed E-state index contributed by atoms with van der Waals surface area (Å²) in [5.74, 6) is -0.896. The second kappa shape index (κ2) is 9.82. The first-order chi connectivity index (χ1) is 14.5. The molecule has 9 nitrogen and oxygen atoms in total. The quantitative estimate of drug-likeness (QED) is 0.692. The molecule has 1 aliphatic rings. The van der Waals surface area contributed by atoms with Crippen molar-refractivity contribution in [3.05, 3.63) is 41.9 Å². The molecule has 1 aliphatic heterocycles. The minimum absolute atomic E-state index is 0.0269. The number of piperidine rings is 1. The van der Waals surface area contributed by atoms with E-state index in [1.807, 2.05) is 0 Å². The monoisotopic (exact) mass is 416 g/mol. The van der Waals surface area contributed by atoms with Gasteiger partial charge in [0.25, 0.3) is 11.8 Å². The Morgan fingerprint density at radius 2 is 1.77 bits per heavy atom. The molecule has 0 bridgehead atoms. The molecule has 2 amide bonds. The number of nitrogens with one attached hydrogen (secondary N) is 1. The van der Waals surface area contributed by atoms with E-state index in [-0.39, 0.29) is 35.3 Å². The summed E-state index contributed by atoms with van der Waals surface area (Å²) in [4.78, 5) is 39.1. The Kier molecular flexibility index (Phi) is 6.95. The fourth-order valence-corrected chi connectivity index (χ4v) is 3.18. The molecule has 0 radical (unpaired) electrons. The number of hydrogen-bond acceptors (Lipinski definition) is 7. The number of benzene rings is 1. The van der Waals surface area contributed by atoms with Crippen molar-refractivity contribution < 1.29 is 33.0 Å². The van der Waals surface area contributed by atoms with Gasteiger partial charge in [0.1, 0.15) is 0 Å². The predicted molar refractivity (Wildman–Crippen MR) is 107 cm³/mol. The summed E-state index contributed by atoms with van der Waals surface area (Å²) < 4.78 is 20.8. The number of ether oxygens (including phenoxy) is 3. The molecule has 160 valence electrons. The van der Waals surface area contributed by atoms with Crippen molar-refractivity contribution >= 4 is 23.5 Å². The van der Waals surface area contributed by atoms with Gasteiger partial charge in [0.15, 0.2) is 23.9 Å². The maximum Gasteiger partial charge on any atom is 0.340 e. The number of furan rings is 1. The van der Waals surface area contributed by atoms with Gasteiger partial charge in [-0.3, -0.25) is 9.59 Å². The number of amides is 2. The highest BCUT2D eigenvalue weighted by Crippen LogP contribution is 2.34. The molecule has 2 heterocycles. The number of hydrogen-bond donors (Lipinski definition) is 1. The van der Waals surface area contributed by atoms with E-state index in [4.69, 9.17) is 18.6 Å². The van der Waals surface area contributed by atoms with Crippen LogP contribution in [0.5, 0.6) is 11.5 Å². The van der Waals surface area contributed by atoms with E-state index in [1.165, 1.54) is 38.7 Å². The molecule has 1 saturated heterocycles. The maximum absolute atomic E-state index is 12.7. The molecule has 1 aromatic heterocycles. The summed E-state index contributed by atoms with van der Waals surface area (Å²) in [7, 11) is 2.86. The molecule has 2 aromatic rings. The average molecular weight is 416 g/mol. The van der Waals surface area contributed by atoms with Gasteiger partial charge in [-0.25, -0.2) is 4.79 Å². The van der Waals surface area contributed by atoms with Crippen LogP contribution in [0.1, 0.15) is 40.2 Å². The van der Waals surface area contributed by atoms with Crippen molar-refractivity contribution in [1.29, 1.82) is 0 Å². The Labute approximate surface area is 173 Å². The van der Waals surface area contributed by atoms with Gasteiger partial charge in [0.2, 0.25) is 0 Å².